The van der Waals surface area contributed by atoms with Crippen molar-refractivity contribution in [3.8, 4) is 11.5 Å². The van der Waals surface area contributed by atoms with Gasteiger partial charge < -0.3 is 19.7 Å². The molecular formula is C27H37N3O6S. The number of carbonyl (C=O) groups excluding carboxylic acids is 2. The van der Waals surface area contributed by atoms with Gasteiger partial charge in [0.25, 0.3) is 0 Å². The second-order valence-electron chi connectivity index (χ2n) is 9.10. The number of anilines is 1. The Morgan fingerprint density at radius 1 is 1.05 bits per heavy atom. The van der Waals surface area contributed by atoms with Gasteiger partial charge in [-0.2, -0.15) is 0 Å². The summed E-state index contributed by atoms with van der Waals surface area (Å²) in [5, 5.41) is 2.83. The molecule has 2 aromatic carbocycles. The minimum absolute atomic E-state index is 0.0955. The average molecular weight is 532 g/mol. The fourth-order valence-corrected chi connectivity index (χ4v) is 5.37. The number of nitrogens with one attached hydrogen (secondary N) is 1. The number of amides is 2. The first-order valence-electron chi connectivity index (χ1n) is 12.6. The number of likely N-dealkylation sites (N-methyl/N-ethyl adjacent to an activating group) is 1. The lowest BCUT2D eigenvalue weighted by atomic mass is 10.1. The highest BCUT2D eigenvalue weighted by Crippen LogP contribution is 2.34. The van der Waals surface area contributed by atoms with E-state index in [0.29, 0.717) is 49.9 Å². The van der Waals surface area contributed by atoms with Crippen molar-refractivity contribution in [2.75, 3.05) is 36.9 Å². The Kier molecular flexibility index (Phi) is 9.79. The number of hydrogen-bond acceptors (Lipinski definition) is 6. The predicted octanol–water partition coefficient (Wildman–Crippen LogP) is 3.26. The minimum atomic E-state index is -3.61. The zero-order valence-electron chi connectivity index (χ0n) is 22.0. The van der Waals surface area contributed by atoms with Gasteiger partial charge in [0.2, 0.25) is 21.8 Å². The van der Waals surface area contributed by atoms with Crippen LogP contribution in [0.3, 0.4) is 0 Å². The fraction of sp³-hybridized carbons (Fsp3) is 0.481. The summed E-state index contributed by atoms with van der Waals surface area (Å²) in [6.07, 6.45) is 1.99. The molecule has 2 aromatic rings. The molecule has 0 fully saturated rings. The molecule has 0 aliphatic carbocycles. The second kappa shape index (κ2) is 12.8. The molecule has 9 nitrogen and oxygen atoms in total. The van der Waals surface area contributed by atoms with Crippen LogP contribution in [0.15, 0.2) is 42.5 Å². The molecule has 0 radical (unpaired) electrons. The van der Waals surface area contributed by atoms with Crippen LogP contribution >= 0.6 is 0 Å². The van der Waals surface area contributed by atoms with Crippen molar-refractivity contribution < 1.29 is 27.5 Å². The van der Waals surface area contributed by atoms with Gasteiger partial charge in [0.05, 0.1) is 11.9 Å². The Balaban J connectivity index is 1.76. The van der Waals surface area contributed by atoms with Gasteiger partial charge in [-0.3, -0.25) is 13.9 Å². The van der Waals surface area contributed by atoms with E-state index in [-0.39, 0.29) is 31.2 Å². The number of carbonyl (C=O) groups is 2. The van der Waals surface area contributed by atoms with Gasteiger partial charge in [-0.25, -0.2) is 8.42 Å². The first-order valence-corrected chi connectivity index (χ1v) is 14.5. The van der Waals surface area contributed by atoms with Crippen molar-refractivity contribution >= 4 is 27.5 Å². The van der Waals surface area contributed by atoms with Crippen molar-refractivity contribution in [2.24, 2.45) is 0 Å². The summed E-state index contributed by atoms with van der Waals surface area (Å²) in [6, 6.07) is 12.2. The molecule has 37 heavy (non-hydrogen) atoms. The van der Waals surface area contributed by atoms with Gasteiger partial charge in [0, 0.05) is 32.1 Å². The maximum absolute atomic E-state index is 13.4. The summed E-state index contributed by atoms with van der Waals surface area (Å²) in [7, 11) is -3.61. The van der Waals surface area contributed by atoms with Crippen molar-refractivity contribution in [3.63, 3.8) is 0 Å². The van der Waals surface area contributed by atoms with Crippen molar-refractivity contribution in [2.45, 2.75) is 52.6 Å². The van der Waals surface area contributed by atoms with E-state index in [1.54, 1.807) is 23.1 Å². The van der Waals surface area contributed by atoms with Gasteiger partial charge in [0.15, 0.2) is 11.5 Å². The Morgan fingerprint density at radius 2 is 1.78 bits per heavy atom. The number of aryl methyl sites for hydroxylation is 1. The monoisotopic (exact) mass is 531 g/mol. The van der Waals surface area contributed by atoms with Crippen LogP contribution in [0.2, 0.25) is 0 Å². The third kappa shape index (κ3) is 7.61. The Bertz CT molecular complexity index is 1200. The largest absolute Gasteiger partial charge is 0.486 e. The number of fused-ring (bicyclic) bond motifs is 1. The third-order valence-corrected chi connectivity index (χ3v) is 7.33. The third-order valence-electron chi connectivity index (χ3n) is 6.14. The number of ether oxygens (including phenoxy) is 2. The van der Waals surface area contributed by atoms with Crippen LogP contribution in [0.25, 0.3) is 0 Å². The highest BCUT2D eigenvalue weighted by molar-refractivity contribution is 7.92. The molecule has 2 amide bonds. The topological polar surface area (TPSA) is 105 Å². The van der Waals surface area contributed by atoms with Crippen molar-refractivity contribution in [1.29, 1.82) is 0 Å². The van der Waals surface area contributed by atoms with E-state index in [9.17, 15) is 18.0 Å². The van der Waals surface area contributed by atoms with Crippen LogP contribution in [0, 0.1) is 6.92 Å². The van der Waals surface area contributed by atoms with Gasteiger partial charge in [0.1, 0.15) is 19.3 Å². The second-order valence-corrected chi connectivity index (χ2v) is 11.0. The molecule has 0 saturated carbocycles. The number of benzene rings is 2. The Morgan fingerprint density at radius 3 is 2.43 bits per heavy atom. The summed E-state index contributed by atoms with van der Waals surface area (Å²) < 4.78 is 37.6. The van der Waals surface area contributed by atoms with Crippen LogP contribution in [0.5, 0.6) is 11.5 Å². The number of hydrogen-bond donors (Lipinski definition) is 1. The molecule has 1 unspecified atom stereocenters. The molecule has 1 N–H and O–H groups in total. The smallest absolute Gasteiger partial charge is 0.242 e. The molecule has 1 aliphatic heterocycles. The van der Waals surface area contributed by atoms with Gasteiger partial charge >= 0.3 is 0 Å². The summed E-state index contributed by atoms with van der Waals surface area (Å²) in [5.41, 5.74) is 2.45. The lowest BCUT2D eigenvalue weighted by Gasteiger charge is -2.31. The fourth-order valence-electron chi connectivity index (χ4n) is 4.41. The molecule has 0 aromatic heterocycles. The minimum Gasteiger partial charge on any atom is -0.486 e. The summed E-state index contributed by atoms with van der Waals surface area (Å²) in [5.74, 6) is 0.669. The zero-order valence-corrected chi connectivity index (χ0v) is 22.8. The van der Waals surface area contributed by atoms with E-state index in [1.165, 1.54) is 4.31 Å². The predicted molar refractivity (Wildman–Crippen MR) is 143 cm³/mol. The van der Waals surface area contributed by atoms with E-state index in [1.807, 2.05) is 45.0 Å². The van der Waals surface area contributed by atoms with Gasteiger partial charge in [-0.15, -0.1) is 0 Å². The van der Waals surface area contributed by atoms with Crippen LogP contribution in [0.1, 0.15) is 44.2 Å². The number of rotatable bonds is 12. The average Bonchev–Trinajstić information content (AvgIpc) is 2.85. The highest BCUT2D eigenvalue weighted by atomic mass is 32.2. The summed E-state index contributed by atoms with van der Waals surface area (Å²) in [6.45, 7) is 7.42. The maximum Gasteiger partial charge on any atom is 0.242 e. The quantitative estimate of drug-likeness (QED) is 0.451. The summed E-state index contributed by atoms with van der Waals surface area (Å²) >= 11 is 0. The number of sulfonamides is 1. The Hall–Kier alpha value is -3.27. The molecule has 3 rings (SSSR count). The van der Waals surface area contributed by atoms with E-state index < -0.39 is 16.1 Å². The van der Waals surface area contributed by atoms with Crippen LogP contribution < -0.4 is 19.1 Å². The van der Waals surface area contributed by atoms with Crippen LogP contribution in [-0.2, 0) is 26.2 Å². The Labute approximate surface area is 219 Å². The zero-order chi connectivity index (χ0) is 27.0. The number of nitrogens with zero attached hydrogens (tertiary/aromatic N) is 2. The van der Waals surface area contributed by atoms with Crippen molar-refractivity contribution in [3.05, 3.63) is 53.6 Å². The lowest BCUT2D eigenvalue weighted by molar-refractivity contribution is -0.141. The lowest BCUT2D eigenvalue weighted by Crippen LogP contribution is -2.49. The van der Waals surface area contributed by atoms with Crippen LogP contribution in [-0.4, -0.2) is 63.7 Å². The molecule has 0 bridgehead atoms. The summed E-state index contributed by atoms with van der Waals surface area (Å²) in [4.78, 5) is 27.8. The van der Waals surface area contributed by atoms with E-state index >= 15 is 0 Å². The molecule has 10 heteroatoms. The first-order chi connectivity index (χ1) is 17.6. The van der Waals surface area contributed by atoms with Gasteiger partial charge in [-0.1, -0.05) is 36.8 Å². The molecule has 202 valence electrons. The van der Waals surface area contributed by atoms with Crippen molar-refractivity contribution in [1.82, 2.24) is 10.2 Å². The van der Waals surface area contributed by atoms with Crippen LogP contribution in [0.4, 0.5) is 5.69 Å². The van der Waals surface area contributed by atoms with E-state index in [0.717, 1.165) is 17.4 Å². The first kappa shape index (κ1) is 28.3. The normalized spacial score (nSPS) is 13.5. The van der Waals surface area contributed by atoms with E-state index in [2.05, 4.69) is 5.32 Å². The molecule has 0 saturated heterocycles. The SMILES string of the molecule is CCNC(=O)C(CC)N(Cc1cccc(C)c1)C(=O)CCCN(c1ccc2c(c1)OCCO2)S(C)(=O)=O. The van der Waals surface area contributed by atoms with Gasteiger partial charge in [-0.05, 0) is 44.4 Å². The standard InChI is InChI=1S/C27H37N3O6S/c1-5-23(27(32)28-6-2)29(19-21-10-7-9-20(3)17-21)26(31)11-8-14-30(37(4,33)34)22-12-13-24-25(18-22)36-16-15-35-24/h7,9-10,12-13,17-18,23H,5-6,8,11,14-16,19H2,1-4H3,(H,28,32). The molecule has 1 atom stereocenters. The molecular weight excluding hydrogens is 494 g/mol. The molecule has 1 aliphatic rings. The molecule has 1 heterocycles. The molecule has 0 spiro atoms. The maximum atomic E-state index is 13.4. The van der Waals surface area contributed by atoms with E-state index in [4.69, 9.17) is 9.47 Å². The highest BCUT2D eigenvalue weighted by Gasteiger charge is 2.29.